The SMILES string of the molecule is CC(C)(C)C(O)CNC(=O)c1nn(-c2ccccc2F)c2c1CCC2. The molecule has 1 aromatic heterocycles. The molecule has 1 unspecified atom stereocenters. The average Bonchev–Trinajstić information content (AvgIpc) is 3.14. The first-order chi connectivity index (χ1) is 11.8. The Balaban J connectivity index is 1.87. The van der Waals surface area contributed by atoms with Crippen LogP contribution >= 0.6 is 0 Å². The van der Waals surface area contributed by atoms with Crippen LogP contribution in [-0.2, 0) is 12.8 Å². The van der Waals surface area contributed by atoms with Crippen LogP contribution < -0.4 is 5.32 Å². The van der Waals surface area contributed by atoms with Crippen LogP contribution in [0.4, 0.5) is 4.39 Å². The van der Waals surface area contributed by atoms with Gasteiger partial charge in [0.05, 0.1) is 6.10 Å². The van der Waals surface area contributed by atoms with E-state index >= 15 is 0 Å². The van der Waals surface area contributed by atoms with Crippen molar-refractivity contribution < 1.29 is 14.3 Å². The molecular formula is C19H24FN3O2. The number of carbonyl (C=O) groups is 1. The number of fused-ring (bicyclic) bond motifs is 1. The predicted octanol–water partition coefficient (Wildman–Crippen LogP) is 2.64. The zero-order valence-electron chi connectivity index (χ0n) is 14.8. The van der Waals surface area contributed by atoms with Gasteiger partial charge in [-0.25, -0.2) is 9.07 Å². The number of nitrogens with one attached hydrogen (secondary N) is 1. The molecule has 6 heteroatoms. The second-order valence-electron chi connectivity index (χ2n) is 7.58. The quantitative estimate of drug-likeness (QED) is 0.895. The summed E-state index contributed by atoms with van der Waals surface area (Å²) in [6.07, 6.45) is 1.80. The van der Waals surface area contributed by atoms with E-state index in [0.717, 1.165) is 30.5 Å². The summed E-state index contributed by atoms with van der Waals surface area (Å²) in [7, 11) is 0. The van der Waals surface area contributed by atoms with Gasteiger partial charge in [-0.05, 0) is 36.8 Å². The van der Waals surface area contributed by atoms with Gasteiger partial charge in [0.15, 0.2) is 5.69 Å². The van der Waals surface area contributed by atoms with Crippen molar-refractivity contribution in [1.29, 1.82) is 0 Å². The number of hydrogen-bond donors (Lipinski definition) is 2. The van der Waals surface area contributed by atoms with E-state index < -0.39 is 6.10 Å². The smallest absolute Gasteiger partial charge is 0.272 e. The average molecular weight is 345 g/mol. The van der Waals surface area contributed by atoms with Crippen LogP contribution in [0.25, 0.3) is 5.69 Å². The fraction of sp³-hybridized carbons (Fsp3) is 0.474. The summed E-state index contributed by atoms with van der Waals surface area (Å²) >= 11 is 0. The fourth-order valence-electron chi connectivity index (χ4n) is 3.02. The van der Waals surface area contributed by atoms with Gasteiger partial charge in [-0.15, -0.1) is 0 Å². The number of aliphatic hydroxyl groups is 1. The zero-order valence-corrected chi connectivity index (χ0v) is 14.8. The van der Waals surface area contributed by atoms with E-state index in [1.807, 2.05) is 20.8 Å². The Labute approximate surface area is 146 Å². The van der Waals surface area contributed by atoms with Crippen LogP contribution in [0.5, 0.6) is 0 Å². The molecular weight excluding hydrogens is 321 g/mol. The minimum absolute atomic E-state index is 0.156. The summed E-state index contributed by atoms with van der Waals surface area (Å²) in [6.45, 7) is 5.89. The molecule has 25 heavy (non-hydrogen) atoms. The highest BCUT2D eigenvalue weighted by atomic mass is 19.1. The van der Waals surface area contributed by atoms with E-state index in [1.165, 1.54) is 6.07 Å². The number of hydrogen-bond acceptors (Lipinski definition) is 3. The van der Waals surface area contributed by atoms with Crippen LogP contribution in [0.1, 0.15) is 48.9 Å². The molecule has 5 nitrogen and oxygen atoms in total. The van der Waals surface area contributed by atoms with E-state index in [-0.39, 0.29) is 23.7 Å². The molecule has 1 atom stereocenters. The van der Waals surface area contributed by atoms with Crippen molar-refractivity contribution in [1.82, 2.24) is 15.1 Å². The molecule has 1 aromatic carbocycles. The van der Waals surface area contributed by atoms with E-state index in [2.05, 4.69) is 10.4 Å². The summed E-state index contributed by atoms with van der Waals surface area (Å²) < 4.78 is 15.7. The van der Waals surface area contributed by atoms with E-state index in [0.29, 0.717) is 11.4 Å². The van der Waals surface area contributed by atoms with E-state index in [9.17, 15) is 14.3 Å². The second-order valence-corrected chi connectivity index (χ2v) is 7.58. The zero-order chi connectivity index (χ0) is 18.2. The Kier molecular flexibility index (Phi) is 4.64. The van der Waals surface area contributed by atoms with Crippen LogP contribution in [0.3, 0.4) is 0 Å². The standard InChI is InChI=1S/C19H24FN3O2/c1-19(2,3)16(24)11-21-18(25)17-12-7-6-10-14(12)23(22-17)15-9-5-4-8-13(15)20/h4-5,8-9,16,24H,6-7,10-11H2,1-3H3,(H,21,25). The topological polar surface area (TPSA) is 67.2 Å². The molecule has 0 saturated carbocycles. The normalized spacial score (nSPS) is 15.1. The maximum absolute atomic E-state index is 14.1. The Hall–Kier alpha value is -2.21. The lowest BCUT2D eigenvalue weighted by Gasteiger charge is -2.25. The largest absolute Gasteiger partial charge is 0.391 e. The molecule has 2 N–H and O–H groups in total. The molecule has 0 spiro atoms. The third-order valence-electron chi connectivity index (χ3n) is 4.68. The Morgan fingerprint density at radius 1 is 1.36 bits per heavy atom. The maximum atomic E-state index is 14.1. The molecule has 1 heterocycles. The van der Waals surface area contributed by atoms with Crippen molar-refractivity contribution in [3.8, 4) is 5.69 Å². The van der Waals surface area contributed by atoms with Crippen molar-refractivity contribution in [3.05, 3.63) is 47.0 Å². The Morgan fingerprint density at radius 3 is 2.76 bits per heavy atom. The second kappa shape index (κ2) is 6.59. The van der Waals surface area contributed by atoms with Gasteiger partial charge in [-0.1, -0.05) is 32.9 Å². The lowest BCUT2D eigenvalue weighted by molar-refractivity contribution is 0.0585. The number of aliphatic hydroxyl groups excluding tert-OH is 1. The maximum Gasteiger partial charge on any atom is 0.272 e. The number of para-hydroxylation sites is 1. The predicted molar refractivity (Wildman–Crippen MR) is 93.3 cm³/mol. The van der Waals surface area contributed by atoms with Crippen molar-refractivity contribution in [2.45, 2.75) is 46.1 Å². The number of nitrogens with zero attached hydrogens (tertiary/aromatic N) is 2. The lowest BCUT2D eigenvalue weighted by Crippen LogP contribution is -2.39. The van der Waals surface area contributed by atoms with Crippen LogP contribution in [0.15, 0.2) is 24.3 Å². The first-order valence-electron chi connectivity index (χ1n) is 8.61. The number of amides is 1. The molecule has 0 aliphatic heterocycles. The highest BCUT2D eigenvalue weighted by Gasteiger charge is 2.29. The van der Waals surface area contributed by atoms with Crippen LogP contribution in [0.2, 0.25) is 0 Å². The minimum Gasteiger partial charge on any atom is -0.391 e. The molecule has 134 valence electrons. The van der Waals surface area contributed by atoms with E-state index in [4.69, 9.17) is 0 Å². The van der Waals surface area contributed by atoms with Crippen LogP contribution in [-0.4, -0.2) is 33.4 Å². The molecule has 1 aliphatic rings. The molecule has 3 rings (SSSR count). The number of carbonyl (C=O) groups excluding carboxylic acids is 1. The van der Waals surface area contributed by atoms with Crippen LogP contribution in [0, 0.1) is 11.2 Å². The molecule has 0 bridgehead atoms. The molecule has 1 aliphatic carbocycles. The third-order valence-corrected chi connectivity index (χ3v) is 4.68. The summed E-state index contributed by atoms with van der Waals surface area (Å²) in [5, 5.41) is 17.2. The molecule has 0 fully saturated rings. The molecule has 0 radical (unpaired) electrons. The Bertz CT molecular complexity index is 792. The minimum atomic E-state index is -0.654. The number of rotatable bonds is 4. The van der Waals surface area contributed by atoms with Gasteiger partial charge in [0.1, 0.15) is 11.5 Å². The summed E-state index contributed by atoms with van der Waals surface area (Å²) in [6, 6.07) is 6.43. The van der Waals surface area contributed by atoms with Crippen molar-refractivity contribution in [2.75, 3.05) is 6.54 Å². The van der Waals surface area contributed by atoms with Gasteiger partial charge in [0.25, 0.3) is 5.91 Å². The van der Waals surface area contributed by atoms with Gasteiger partial charge in [-0.2, -0.15) is 5.10 Å². The highest BCUT2D eigenvalue weighted by Crippen LogP contribution is 2.28. The van der Waals surface area contributed by atoms with Crippen molar-refractivity contribution >= 4 is 5.91 Å². The van der Waals surface area contributed by atoms with Gasteiger partial charge in [-0.3, -0.25) is 4.79 Å². The monoisotopic (exact) mass is 345 g/mol. The third kappa shape index (κ3) is 3.44. The first kappa shape index (κ1) is 17.6. The summed E-state index contributed by atoms with van der Waals surface area (Å²) in [5.41, 5.74) is 2.14. The highest BCUT2D eigenvalue weighted by molar-refractivity contribution is 5.94. The first-order valence-corrected chi connectivity index (χ1v) is 8.61. The van der Waals surface area contributed by atoms with Gasteiger partial charge < -0.3 is 10.4 Å². The van der Waals surface area contributed by atoms with Gasteiger partial charge in [0, 0.05) is 17.8 Å². The number of benzene rings is 1. The fourth-order valence-corrected chi connectivity index (χ4v) is 3.02. The van der Waals surface area contributed by atoms with E-state index in [1.54, 1.807) is 22.9 Å². The lowest BCUT2D eigenvalue weighted by atomic mass is 9.89. The summed E-state index contributed by atoms with van der Waals surface area (Å²) in [5.74, 6) is -0.689. The van der Waals surface area contributed by atoms with Gasteiger partial charge in [0.2, 0.25) is 0 Å². The van der Waals surface area contributed by atoms with Crippen molar-refractivity contribution in [2.24, 2.45) is 5.41 Å². The van der Waals surface area contributed by atoms with Gasteiger partial charge >= 0.3 is 0 Å². The molecule has 1 amide bonds. The summed E-state index contributed by atoms with van der Waals surface area (Å²) in [4.78, 5) is 12.6. The molecule has 2 aromatic rings. The van der Waals surface area contributed by atoms with Crippen molar-refractivity contribution in [3.63, 3.8) is 0 Å². The number of halogens is 1. The number of aromatic nitrogens is 2. The Morgan fingerprint density at radius 2 is 2.08 bits per heavy atom. The molecule has 0 saturated heterocycles.